The van der Waals surface area contributed by atoms with E-state index in [0.29, 0.717) is 0 Å². The highest BCUT2D eigenvalue weighted by atomic mass is 79.9. The van der Waals surface area contributed by atoms with Crippen molar-refractivity contribution in [3.8, 4) is 0 Å². The molecule has 0 aliphatic heterocycles. The Hall–Kier alpha value is -0.0500. The molecule has 82 valence electrons. The maximum atomic E-state index is 5.92. The van der Waals surface area contributed by atoms with Crippen molar-refractivity contribution in [3.05, 3.63) is 33.3 Å². The van der Waals surface area contributed by atoms with Gasteiger partial charge in [-0.25, -0.2) is 0 Å². The second-order valence-corrected chi connectivity index (χ2v) is 5.42. The van der Waals surface area contributed by atoms with Gasteiger partial charge in [0.1, 0.15) is 0 Å². The van der Waals surface area contributed by atoms with Crippen LogP contribution in [-0.4, -0.2) is 6.54 Å². The number of rotatable bonds is 5. The van der Waals surface area contributed by atoms with Crippen LogP contribution >= 0.6 is 27.5 Å². The van der Waals surface area contributed by atoms with Crippen LogP contribution in [0.2, 0.25) is 5.02 Å². The van der Waals surface area contributed by atoms with Gasteiger partial charge in [0.25, 0.3) is 0 Å². The molecule has 1 aliphatic carbocycles. The Morgan fingerprint density at radius 1 is 1.40 bits per heavy atom. The van der Waals surface area contributed by atoms with E-state index in [-0.39, 0.29) is 0 Å². The predicted molar refractivity (Wildman–Crippen MR) is 68.2 cm³/mol. The van der Waals surface area contributed by atoms with Crippen molar-refractivity contribution >= 4 is 27.5 Å². The largest absolute Gasteiger partial charge is 0.313 e. The Balaban J connectivity index is 1.74. The summed E-state index contributed by atoms with van der Waals surface area (Å²) in [5, 5.41) is 4.23. The lowest BCUT2D eigenvalue weighted by Gasteiger charge is -2.05. The fourth-order valence-corrected chi connectivity index (χ4v) is 2.14. The highest BCUT2D eigenvalue weighted by molar-refractivity contribution is 9.10. The molecule has 0 saturated heterocycles. The molecule has 3 heteroatoms. The summed E-state index contributed by atoms with van der Waals surface area (Å²) in [5.74, 6) is 1.01. The van der Waals surface area contributed by atoms with Crippen molar-refractivity contribution in [2.24, 2.45) is 5.92 Å². The summed E-state index contributed by atoms with van der Waals surface area (Å²) in [6.07, 6.45) is 4.21. The van der Waals surface area contributed by atoms with Crippen molar-refractivity contribution in [1.29, 1.82) is 0 Å². The summed E-state index contributed by atoms with van der Waals surface area (Å²) in [6.45, 7) is 2.06. The van der Waals surface area contributed by atoms with Crippen LogP contribution in [0.25, 0.3) is 0 Å². The third-order valence-electron chi connectivity index (χ3n) is 2.74. The van der Waals surface area contributed by atoms with Crippen LogP contribution in [0.15, 0.2) is 22.7 Å². The first-order chi connectivity index (χ1) is 7.25. The van der Waals surface area contributed by atoms with E-state index in [1.54, 1.807) is 0 Å². The van der Waals surface area contributed by atoms with Gasteiger partial charge in [0.2, 0.25) is 0 Å². The lowest BCUT2D eigenvalue weighted by Crippen LogP contribution is -2.15. The fourth-order valence-electron chi connectivity index (χ4n) is 1.60. The van der Waals surface area contributed by atoms with Crippen LogP contribution in [0.5, 0.6) is 0 Å². The molecule has 0 aromatic heterocycles. The first kappa shape index (κ1) is 11.4. The molecule has 15 heavy (non-hydrogen) atoms. The van der Waals surface area contributed by atoms with E-state index in [4.69, 9.17) is 11.6 Å². The maximum Gasteiger partial charge on any atom is 0.0548 e. The number of halogens is 2. The predicted octanol–water partition coefficient (Wildman–Crippen LogP) is 3.99. The topological polar surface area (TPSA) is 12.0 Å². The van der Waals surface area contributed by atoms with Gasteiger partial charge in [-0.15, -0.1) is 0 Å². The van der Waals surface area contributed by atoms with E-state index >= 15 is 0 Å². The molecule has 1 saturated carbocycles. The minimum absolute atomic E-state index is 0.775. The molecule has 1 fully saturated rings. The van der Waals surface area contributed by atoms with Gasteiger partial charge in [-0.1, -0.05) is 30.5 Å². The summed E-state index contributed by atoms with van der Waals surface area (Å²) in [7, 11) is 0. The van der Waals surface area contributed by atoms with Gasteiger partial charge in [-0.05, 0) is 52.5 Å². The van der Waals surface area contributed by atoms with E-state index in [0.717, 1.165) is 28.5 Å². The molecule has 0 amide bonds. The molecule has 1 nitrogen and oxygen atoms in total. The van der Waals surface area contributed by atoms with Gasteiger partial charge >= 0.3 is 0 Å². The summed E-state index contributed by atoms with van der Waals surface area (Å²) < 4.78 is 0.977. The van der Waals surface area contributed by atoms with Gasteiger partial charge in [-0.3, -0.25) is 0 Å². The Morgan fingerprint density at radius 3 is 2.87 bits per heavy atom. The number of nitrogens with one attached hydrogen (secondary N) is 1. The summed E-state index contributed by atoms with van der Waals surface area (Å²) in [4.78, 5) is 0. The number of hydrogen-bond donors (Lipinski definition) is 1. The second kappa shape index (κ2) is 5.33. The van der Waals surface area contributed by atoms with E-state index in [9.17, 15) is 0 Å². The number of benzene rings is 1. The lowest BCUT2D eigenvalue weighted by molar-refractivity contribution is 0.613. The third kappa shape index (κ3) is 3.78. The molecule has 0 spiro atoms. The van der Waals surface area contributed by atoms with Crippen LogP contribution in [0, 0.1) is 5.92 Å². The molecule has 0 heterocycles. The van der Waals surface area contributed by atoms with Crippen LogP contribution < -0.4 is 5.32 Å². The zero-order valence-corrected chi connectivity index (χ0v) is 10.9. The first-order valence-electron chi connectivity index (χ1n) is 5.40. The standard InChI is InChI=1S/C12H15BrClN/c13-11-7-10(3-4-12(11)14)8-15-6-5-9-1-2-9/h3-4,7,9,15H,1-2,5-6,8H2. The van der Waals surface area contributed by atoms with Crippen molar-refractivity contribution in [1.82, 2.24) is 5.32 Å². The van der Waals surface area contributed by atoms with E-state index in [2.05, 4.69) is 33.4 Å². The van der Waals surface area contributed by atoms with Gasteiger partial charge < -0.3 is 5.32 Å². The molecule has 1 N–H and O–H groups in total. The molecule has 1 aliphatic rings. The highest BCUT2D eigenvalue weighted by Gasteiger charge is 2.19. The minimum Gasteiger partial charge on any atom is -0.313 e. The van der Waals surface area contributed by atoms with Gasteiger partial charge in [0.05, 0.1) is 5.02 Å². The van der Waals surface area contributed by atoms with E-state index in [1.807, 2.05) is 6.07 Å². The molecular weight excluding hydrogens is 273 g/mol. The van der Waals surface area contributed by atoms with E-state index in [1.165, 1.54) is 24.8 Å². The van der Waals surface area contributed by atoms with Crippen LogP contribution in [-0.2, 0) is 6.54 Å². The van der Waals surface area contributed by atoms with Crippen molar-refractivity contribution in [3.63, 3.8) is 0 Å². The minimum atomic E-state index is 0.775. The summed E-state index contributed by atoms with van der Waals surface area (Å²) in [5.41, 5.74) is 1.28. The van der Waals surface area contributed by atoms with Gasteiger partial charge in [0.15, 0.2) is 0 Å². The SMILES string of the molecule is Clc1ccc(CNCCC2CC2)cc1Br. The smallest absolute Gasteiger partial charge is 0.0548 e. The first-order valence-corrected chi connectivity index (χ1v) is 6.57. The van der Waals surface area contributed by atoms with Crippen LogP contribution in [0.4, 0.5) is 0 Å². The Bertz CT molecular complexity index is 336. The van der Waals surface area contributed by atoms with Crippen molar-refractivity contribution < 1.29 is 0 Å². The zero-order valence-electron chi connectivity index (χ0n) is 8.60. The van der Waals surface area contributed by atoms with Crippen molar-refractivity contribution in [2.45, 2.75) is 25.8 Å². The van der Waals surface area contributed by atoms with Crippen molar-refractivity contribution in [2.75, 3.05) is 6.54 Å². The van der Waals surface area contributed by atoms with Gasteiger partial charge in [-0.2, -0.15) is 0 Å². The summed E-state index contributed by atoms with van der Waals surface area (Å²) >= 11 is 9.35. The fraction of sp³-hybridized carbons (Fsp3) is 0.500. The average molecular weight is 289 g/mol. The normalized spacial score (nSPS) is 15.6. The molecule has 0 atom stereocenters. The Labute approximate surface area is 104 Å². The molecule has 0 unspecified atom stereocenters. The monoisotopic (exact) mass is 287 g/mol. The molecule has 2 rings (SSSR count). The molecular formula is C12H15BrClN. The zero-order chi connectivity index (χ0) is 10.7. The average Bonchev–Trinajstić information content (AvgIpc) is 3.02. The number of hydrogen-bond acceptors (Lipinski definition) is 1. The Morgan fingerprint density at radius 2 is 2.20 bits per heavy atom. The quantitative estimate of drug-likeness (QED) is 0.808. The van der Waals surface area contributed by atoms with Crippen LogP contribution in [0.1, 0.15) is 24.8 Å². The third-order valence-corrected chi connectivity index (χ3v) is 3.95. The molecule has 0 bridgehead atoms. The van der Waals surface area contributed by atoms with E-state index < -0.39 is 0 Å². The van der Waals surface area contributed by atoms with Gasteiger partial charge in [0, 0.05) is 11.0 Å². The lowest BCUT2D eigenvalue weighted by atomic mass is 10.2. The molecule has 0 radical (unpaired) electrons. The molecule has 1 aromatic rings. The molecule has 1 aromatic carbocycles. The Kier molecular flexibility index (Phi) is 4.06. The highest BCUT2D eigenvalue weighted by Crippen LogP contribution is 2.31. The second-order valence-electron chi connectivity index (χ2n) is 4.16. The maximum absolute atomic E-state index is 5.92. The summed E-state index contributed by atoms with van der Waals surface area (Å²) in [6, 6.07) is 6.08. The van der Waals surface area contributed by atoms with Crippen LogP contribution in [0.3, 0.4) is 0 Å².